The van der Waals surface area contributed by atoms with Crippen LogP contribution < -0.4 is 0 Å². The molecule has 2 unspecified atom stereocenters. The van der Waals surface area contributed by atoms with Crippen molar-refractivity contribution in [3.05, 3.63) is 0 Å². The van der Waals surface area contributed by atoms with Gasteiger partial charge in [0.25, 0.3) is 0 Å². The monoisotopic (exact) mass is 440 g/mol. The second-order valence-corrected chi connectivity index (χ2v) is 9.98. The number of carbonyl (C=O) groups excluding carboxylic acids is 1. The van der Waals surface area contributed by atoms with Crippen LogP contribution in [0, 0.1) is 0 Å². The first-order chi connectivity index (χ1) is 13.6. The van der Waals surface area contributed by atoms with Crippen LogP contribution in [-0.2, 0) is 23.1 Å². The van der Waals surface area contributed by atoms with Gasteiger partial charge in [-0.1, -0.05) is 58.3 Å². The highest BCUT2D eigenvalue weighted by Gasteiger charge is 2.24. The molecule has 9 heteroatoms. The topological polar surface area (TPSA) is 102 Å². The van der Waals surface area contributed by atoms with Crippen molar-refractivity contribution in [1.29, 1.82) is 0 Å². The van der Waals surface area contributed by atoms with E-state index in [0.29, 0.717) is 17.4 Å². The molecule has 0 bridgehead atoms. The van der Waals surface area contributed by atoms with Gasteiger partial charge in [0, 0.05) is 6.42 Å². The van der Waals surface area contributed by atoms with Crippen molar-refractivity contribution in [3.8, 4) is 0 Å². The Bertz CT molecular complexity index is 468. The van der Waals surface area contributed by atoms with Crippen LogP contribution in [0.15, 0.2) is 0 Å². The molecule has 174 valence electrons. The minimum Gasteiger partial charge on any atom is -0.463 e. The third-order valence-electron chi connectivity index (χ3n) is 4.37. The average Bonchev–Trinajstić information content (AvgIpc) is 2.62. The number of hydrogen-bond donors (Lipinski definition) is 2. The van der Waals surface area contributed by atoms with E-state index in [1.165, 1.54) is 38.5 Å². The minimum atomic E-state index is -4.23. The number of rotatable bonds is 19. The van der Waals surface area contributed by atoms with Crippen LogP contribution in [0.2, 0.25) is 0 Å². The molecular weight excluding hydrogens is 397 g/mol. The van der Waals surface area contributed by atoms with E-state index in [9.17, 15) is 19.4 Å². The van der Waals surface area contributed by atoms with Gasteiger partial charge in [0.1, 0.15) is 25.9 Å². The fourth-order valence-corrected chi connectivity index (χ4v) is 3.28. The predicted molar refractivity (Wildman–Crippen MR) is 113 cm³/mol. The molecule has 0 amide bonds. The van der Waals surface area contributed by atoms with Gasteiger partial charge < -0.3 is 19.2 Å². The van der Waals surface area contributed by atoms with Crippen molar-refractivity contribution in [2.45, 2.75) is 77.2 Å². The zero-order valence-corrected chi connectivity index (χ0v) is 19.7. The number of phosphoric ester groups is 1. The number of quaternary nitrogens is 1. The average molecular weight is 441 g/mol. The number of aliphatic hydroxyl groups is 1. The Morgan fingerprint density at radius 2 is 1.48 bits per heavy atom. The molecule has 2 N–H and O–H groups in total. The third kappa shape index (κ3) is 20.5. The molecule has 29 heavy (non-hydrogen) atoms. The lowest BCUT2D eigenvalue weighted by atomic mass is 10.1. The van der Waals surface area contributed by atoms with E-state index in [1.54, 1.807) is 0 Å². The van der Waals surface area contributed by atoms with Crippen molar-refractivity contribution >= 4 is 13.8 Å². The zero-order chi connectivity index (χ0) is 22.2. The number of ether oxygens (including phenoxy) is 1. The molecule has 0 aliphatic rings. The largest absolute Gasteiger partial charge is 0.472 e. The SMILES string of the molecule is CCCCCCCCCCCC(=O)OCC(O)COP(=O)(O)OCC[N+](C)(C)C. The molecule has 0 saturated heterocycles. The first kappa shape index (κ1) is 28.5. The van der Waals surface area contributed by atoms with Crippen LogP contribution in [0.25, 0.3) is 0 Å². The number of nitrogens with zero attached hydrogens (tertiary/aromatic N) is 1. The number of carbonyl (C=O) groups is 1. The first-order valence-electron chi connectivity index (χ1n) is 10.8. The van der Waals surface area contributed by atoms with Gasteiger partial charge in [-0.25, -0.2) is 4.57 Å². The van der Waals surface area contributed by atoms with Crippen LogP contribution in [0.5, 0.6) is 0 Å². The highest BCUT2D eigenvalue weighted by molar-refractivity contribution is 7.47. The number of likely N-dealkylation sites (N-methyl/N-ethyl adjacent to an activating group) is 1. The van der Waals surface area contributed by atoms with Crippen LogP contribution in [0.4, 0.5) is 0 Å². The number of phosphoric acid groups is 1. The van der Waals surface area contributed by atoms with Gasteiger partial charge in [-0.05, 0) is 6.42 Å². The Labute approximate surface area is 176 Å². The Morgan fingerprint density at radius 3 is 2.03 bits per heavy atom. The maximum atomic E-state index is 11.7. The molecule has 0 saturated carbocycles. The standard InChI is InChI=1S/C20H42NO7P/c1-5-6-7-8-9-10-11-12-13-14-20(23)26-17-19(22)18-28-29(24,25)27-16-15-21(2,3)4/h19,22H,5-18H2,1-4H3/p+1. The van der Waals surface area contributed by atoms with Crippen LogP contribution in [0.1, 0.15) is 71.1 Å². The number of esters is 1. The predicted octanol–water partition coefficient (Wildman–Crippen LogP) is 3.65. The lowest BCUT2D eigenvalue weighted by Crippen LogP contribution is -2.37. The summed E-state index contributed by atoms with van der Waals surface area (Å²) in [4.78, 5) is 21.3. The number of unbranched alkanes of at least 4 members (excludes halogenated alkanes) is 8. The van der Waals surface area contributed by atoms with E-state index in [-0.39, 0.29) is 19.2 Å². The van der Waals surface area contributed by atoms with Gasteiger partial charge in [0.15, 0.2) is 0 Å². The molecule has 0 aromatic carbocycles. The van der Waals surface area contributed by atoms with Crippen LogP contribution >= 0.6 is 7.82 Å². The zero-order valence-electron chi connectivity index (χ0n) is 18.8. The molecule has 0 aliphatic carbocycles. The van der Waals surface area contributed by atoms with Crippen LogP contribution in [0.3, 0.4) is 0 Å². The fraction of sp³-hybridized carbons (Fsp3) is 0.950. The maximum absolute atomic E-state index is 11.7. The Balaban J connectivity index is 3.69. The first-order valence-corrected chi connectivity index (χ1v) is 12.3. The summed E-state index contributed by atoms with van der Waals surface area (Å²) in [6.07, 6.45) is 9.64. The van der Waals surface area contributed by atoms with E-state index in [4.69, 9.17) is 13.8 Å². The summed E-state index contributed by atoms with van der Waals surface area (Å²) in [5, 5.41) is 9.75. The summed E-state index contributed by atoms with van der Waals surface area (Å²) < 4.78 is 26.9. The van der Waals surface area contributed by atoms with Crippen LogP contribution in [-0.4, -0.2) is 74.1 Å². The molecule has 0 spiro atoms. The Morgan fingerprint density at radius 1 is 0.931 bits per heavy atom. The molecule has 0 aliphatic heterocycles. The maximum Gasteiger partial charge on any atom is 0.472 e. The van der Waals surface area contributed by atoms with E-state index in [0.717, 1.165) is 19.3 Å². The molecular formula is C20H43NO7P+. The summed E-state index contributed by atoms with van der Waals surface area (Å²) in [7, 11) is 1.56. The molecule has 2 atom stereocenters. The fourth-order valence-electron chi connectivity index (χ4n) is 2.54. The summed E-state index contributed by atoms with van der Waals surface area (Å²) in [6, 6.07) is 0. The quantitative estimate of drug-likeness (QED) is 0.137. The van der Waals surface area contributed by atoms with Crippen molar-refractivity contribution in [2.75, 3.05) is 47.5 Å². The van der Waals surface area contributed by atoms with Crippen molar-refractivity contribution in [1.82, 2.24) is 0 Å². The Hall–Kier alpha value is -0.500. The van der Waals surface area contributed by atoms with Crippen molar-refractivity contribution in [2.24, 2.45) is 0 Å². The van der Waals surface area contributed by atoms with Gasteiger partial charge in [-0.3, -0.25) is 13.8 Å². The van der Waals surface area contributed by atoms with Gasteiger partial charge in [-0.2, -0.15) is 0 Å². The highest BCUT2D eigenvalue weighted by atomic mass is 31.2. The van der Waals surface area contributed by atoms with E-state index < -0.39 is 20.5 Å². The molecule has 0 aromatic rings. The lowest BCUT2D eigenvalue weighted by molar-refractivity contribution is -0.870. The lowest BCUT2D eigenvalue weighted by Gasteiger charge is -2.24. The van der Waals surface area contributed by atoms with E-state index >= 15 is 0 Å². The Kier molecular flexibility index (Phi) is 15.9. The minimum absolute atomic E-state index is 0.0566. The summed E-state index contributed by atoms with van der Waals surface area (Å²) in [5.74, 6) is -0.377. The molecule has 0 radical (unpaired) electrons. The molecule has 0 heterocycles. The number of aliphatic hydroxyl groups excluding tert-OH is 1. The summed E-state index contributed by atoms with van der Waals surface area (Å²) in [6.45, 7) is 2.09. The van der Waals surface area contributed by atoms with E-state index in [1.807, 2.05) is 21.1 Å². The highest BCUT2D eigenvalue weighted by Crippen LogP contribution is 2.43. The van der Waals surface area contributed by atoms with Crippen molar-refractivity contribution < 1.29 is 37.6 Å². The second kappa shape index (κ2) is 16.2. The molecule has 8 nitrogen and oxygen atoms in total. The summed E-state index contributed by atoms with van der Waals surface area (Å²) >= 11 is 0. The van der Waals surface area contributed by atoms with Gasteiger partial charge >= 0.3 is 13.8 Å². The second-order valence-electron chi connectivity index (χ2n) is 8.53. The van der Waals surface area contributed by atoms with Gasteiger partial charge in [0.05, 0.1) is 27.7 Å². The molecule has 0 aromatic heterocycles. The number of hydrogen-bond acceptors (Lipinski definition) is 6. The third-order valence-corrected chi connectivity index (χ3v) is 5.35. The smallest absolute Gasteiger partial charge is 0.463 e. The molecule has 0 rings (SSSR count). The van der Waals surface area contributed by atoms with Crippen molar-refractivity contribution in [3.63, 3.8) is 0 Å². The van der Waals surface area contributed by atoms with E-state index in [2.05, 4.69) is 6.92 Å². The van der Waals surface area contributed by atoms with Gasteiger partial charge in [0.2, 0.25) is 0 Å². The normalized spacial score (nSPS) is 15.1. The summed E-state index contributed by atoms with van der Waals surface area (Å²) in [5.41, 5.74) is 0. The molecule has 0 fully saturated rings. The van der Waals surface area contributed by atoms with Gasteiger partial charge in [-0.15, -0.1) is 0 Å².